The van der Waals surface area contributed by atoms with Crippen LogP contribution in [0.25, 0.3) is 0 Å². The van der Waals surface area contributed by atoms with Gasteiger partial charge in [0.1, 0.15) is 18.2 Å². The van der Waals surface area contributed by atoms with Gasteiger partial charge in [-0.2, -0.15) is 0 Å². The molecule has 182 valence electrons. The second kappa shape index (κ2) is 11.4. The lowest BCUT2D eigenvalue weighted by atomic mass is 9.94. The summed E-state index contributed by atoms with van der Waals surface area (Å²) in [6.07, 6.45) is -1.21. The first kappa shape index (κ1) is 25.8. The van der Waals surface area contributed by atoms with Crippen molar-refractivity contribution in [2.24, 2.45) is 11.8 Å². The van der Waals surface area contributed by atoms with Crippen molar-refractivity contribution in [1.82, 2.24) is 16.0 Å². The summed E-state index contributed by atoms with van der Waals surface area (Å²) >= 11 is 0. The second-order valence-corrected chi connectivity index (χ2v) is 8.88. The average Bonchev–Trinajstić information content (AvgIpc) is 3.12. The molecule has 0 aromatic heterocycles. The fourth-order valence-corrected chi connectivity index (χ4v) is 3.95. The largest absolute Gasteiger partial charge is 0.467 e. The molecule has 3 atom stereocenters. The van der Waals surface area contributed by atoms with E-state index in [2.05, 4.69) is 16.0 Å². The third-order valence-corrected chi connectivity index (χ3v) is 5.74. The molecule has 2 rings (SSSR count). The third-order valence-electron chi connectivity index (χ3n) is 5.74. The number of amides is 3. The Labute approximate surface area is 186 Å². The predicted octanol–water partition coefficient (Wildman–Crippen LogP) is 1.89. The summed E-state index contributed by atoms with van der Waals surface area (Å²) in [7, 11) is 1.19. The van der Waals surface area contributed by atoms with Crippen LogP contribution in [0.3, 0.4) is 0 Å². The van der Waals surface area contributed by atoms with Gasteiger partial charge in [0.25, 0.3) is 0 Å². The molecule has 32 heavy (non-hydrogen) atoms. The van der Waals surface area contributed by atoms with Gasteiger partial charge in [-0.05, 0) is 38.0 Å². The summed E-state index contributed by atoms with van der Waals surface area (Å²) in [5.74, 6) is -4.63. The maximum Gasteiger partial charge on any atom is 0.408 e. The zero-order valence-electron chi connectivity index (χ0n) is 18.7. The minimum absolute atomic E-state index is 0.0246. The molecule has 0 radical (unpaired) electrons. The van der Waals surface area contributed by atoms with E-state index in [4.69, 9.17) is 9.47 Å². The normalized spacial score (nSPS) is 22.6. The number of hydrogen-bond acceptors (Lipinski definition) is 6. The number of ether oxygens (including phenoxy) is 2. The van der Waals surface area contributed by atoms with Crippen molar-refractivity contribution in [3.05, 3.63) is 0 Å². The van der Waals surface area contributed by atoms with Crippen molar-refractivity contribution < 1.29 is 37.4 Å². The maximum absolute atomic E-state index is 13.3. The zero-order chi connectivity index (χ0) is 23.9. The van der Waals surface area contributed by atoms with E-state index in [0.29, 0.717) is 13.0 Å². The van der Waals surface area contributed by atoms with E-state index in [9.17, 15) is 28.0 Å². The van der Waals surface area contributed by atoms with Crippen LogP contribution in [0.1, 0.15) is 58.8 Å². The fourth-order valence-electron chi connectivity index (χ4n) is 3.95. The third kappa shape index (κ3) is 7.90. The minimum Gasteiger partial charge on any atom is -0.467 e. The van der Waals surface area contributed by atoms with Crippen LogP contribution in [0.4, 0.5) is 13.6 Å². The summed E-state index contributed by atoms with van der Waals surface area (Å²) in [4.78, 5) is 49.3. The molecule has 1 saturated carbocycles. The number of carbonyl (C=O) groups excluding carboxylic acids is 4. The Bertz CT molecular complexity index is 693. The van der Waals surface area contributed by atoms with Crippen molar-refractivity contribution in [1.29, 1.82) is 0 Å². The number of rotatable bonds is 9. The van der Waals surface area contributed by atoms with Gasteiger partial charge in [-0.3, -0.25) is 9.59 Å². The molecule has 1 aliphatic carbocycles. The Morgan fingerprint density at radius 1 is 1.12 bits per heavy atom. The van der Waals surface area contributed by atoms with Gasteiger partial charge in [0.2, 0.25) is 17.7 Å². The van der Waals surface area contributed by atoms with Gasteiger partial charge in [-0.25, -0.2) is 18.4 Å². The molecule has 1 aliphatic heterocycles. The smallest absolute Gasteiger partial charge is 0.408 e. The topological polar surface area (TPSA) is 123 Å². The first-order chi connectivity index (χ1) is 15.0. The van der Waals surface area contributed by atoms with Crippen LogP contribution in [-0.4, -0.2) is 61.6 Å². The van der Waals surface area contributed by atoms with Crippen molar-refractivity contribution >= 4 is 23.9 Å². The van der Waals surface area contributed by atoms with E-state index in [1.807, 2.05) is 13.8 Å². The highest BCUT2D eigenvalue weighted by atomic mass is 19.3. The van der Waals surface area contributed by atoms with Gasteiger partial charge in [0, 0.05) is 25.3 Å². The van der Waals surface area contributed by atoms with Crippen LogP contribution in [0, 0.1) is 11.8 Å². The van der Waals surface area contributed by atoms with Crippen molar-refractivity contribution in [2.45, 2.75) is 82.9 Å². The van der Waals surface area contributed by atoms with Crippen LogP contribution in [-0.2, 0) is 23.9 Å². The number of halogens is 2. The number of alkyl carbamates (subject to hydrolysis) is 1. The zero-order valence-corrected chi connectivity index (χ0v) is 18.7. The molecule has 0 unspecified atom stereocenters. The minimum atomic E-state index is -2.74. The maximum atomic E-state index is 13.3. The highest BCUT2D eigenvalue weighted by molar-refractivity contribution is 5.90. The van der Waals surface area contributed by atoms with E-state index < -0.39 is 48.0 Å². The van der Waals surface area contributed by atoms with Gasteiger partial charge in [0.15, 0.2) is 0 Å². The van der Waals surface area contributed by atoms with Crippen molar-refractivity contribution in [2.75, 3.05) is 13.7 Å². The molecular weight excluding hydrogens is 428 g/mol. The van der Waals surface area contributed by atoms with Crippen LogP contribution in [0.2, 0.25) is 0 Å². The van der Waals surface area contributed by atoms with Gasteiger partial charge >= 0.3 is 12.1 Å². The highest BCUT2D eigenvalue weighted by Crippen LogP contribution is 2.34. The second-order valence-electron chi connectivity index (χ2n) is 8.88. The summed E-state index contributed by atoms with van der Waals surface area (Å²) in [6.45, 7) is 4.22. The monoisotopic (exact) mass is 461 g/mol. The molecule has 0 spiro atoms. The molecule has 1 heterocycles. The Balaban J connectivity index is 1.97. The summed E-state index contributed by atoms with van der Waals surface area (Å²) < 4.78 is 36.6. The van der Waals surface area contributed by atoms with E-state index in [-0.39, 0.29) is 50.4 Å². The number of carbonyl (C=O) groups is 4. The fraction of sp³-hybridized carbons (Fsp3) is 0.810. The Morgan fingerprint density at radius 2 is 1.78 bits per heavy atom. The van der Waals surface area contributed by atoms with Crippen LogP contribution in [0.15, 0.2) is 0 Å². The highest BCUT2D eigenvalue weighted by Gasteiger charge is 2.37. The summed E-state index contributed by atoms with van der Waals surface area (Å²) in [5, 5.41) is 7.75. The number of hydrogen-bond donors (Lipinski definition) is 3. The van der Waals surface area contributed by atoms with Crippen LogP contribution in [0.5, 0.6) is 0 Å². The average molecular weight is 462 g/mol. The lowest BCUT2D eigenvalue weighted by Crippen LogP contribution is -2.53. The molecule has 0 aromatic rings. The van der Waals surface area contributed by atoms with Crippen molar-refractivity contribution in [3.8, 4) is 0 Å². The number of alkyl halides is 2. The Hall–Kier alpha value is -2.46. The predicted molar refractivity (Wildman–Crippen MR) is 110 cm³/mol. The number of methoxy groups -OCH3 is 1. The van der Waals surface area contributed by atoms with Gasteiger partial charge in [-0.1, -0.05) is 13.8 Å². The molecule has 1 saturated heterocycles. The standard InChI is InChI=1S/C21H33F2N3O6/c1-12(2)10-15(26-20(30)32-14-4-7-21(22,23)8-5-14)18(28)25-16(19(29)31-3)11-13-6-9-24-17(13)27/h12-16H,4-11H2,1-3H3,(H,24,27)(H,25,28)(H,26,30)/t13-,15-,16-/m0/s1. The molecular formula is C21H33F2N3O6. The number of esters is 1. The van der Waals surface area contributed by atoms with E-state index >= 15 is 0 Å². The van der Waals surface area contributed by atoms with E-state index in [1.54, 1.807) is 0 Å². The first-order valence-corrected chi connectivity index (χ1v) is 11.0. The number of nitrogens with one attached hydrogen (secondary N) is 3. The van der Waals surface area contributed by atoms with Gasteiger partial charge < -0.3 is 25.4 Å². The van der Waals surface area contributed by atoms with E-state index in [0.717, 1.165) is 0 Å². The van der Waals surface area contributed by atoms with Crippen LogP contribution >= 0.6 is 0 Å². The summed E-state index contributed by atoms with van der Waals surface area (Å²) in [5.41, 5.74) is 0. The molecule has 2 fully saturated rings. The lowest BCUT2D eigenvalue weighted by Gasteiger charge is -2.29. The molecule has 0 aromatic carbocycles. The van der Waals surface area contributed by atoms with Crippen LogP contribution < -0.4 is 16.0 Å². The molecule has 9 nitrogen and oxygen atoms in total. The molecule has 11 heteroatoms. The molecule has 3 N–H and O–H groups in total. The van der Waals surface area contributed by atoms with Gasteiger partial charge in [0.05, 0.1) is 7.11 Å². The Morgan fingerprint density at radius 3 is 2.31 bits per heavy atom. The van der Waals surface area contributed by atoms with Crippen molar-refractivity contribution in [3.63, 3.8) is 0 Å². The SMILES string of the molecule is COC(=O)[C@H](C[C@@H]1CCNC1=O)NC(=O)[C@H](CC(C)C)NC(=O)OC1CCC(F)(F)CC1. The molecule has 3 amide bonds. The first-order valence-electron chi connectivity index (χ1n) is 11.0. The van der Waals surface area contributed by atoms with E-state index in [1.165, 1.54) is 7.11 Å². The Kier molecular flexibility index (Phi) is 9.21. The molecule has 2 aliphatic rings. The summed E-state index contributed by atoms with van der Waals surface area (Å²) in [6, 6.07) is -2.05. The molecule has 0 bridgehead atoms. The quantitative estimate of drug-likeness (QED) is 0.451. The van der Waals surface area contributed by atoms with Gasteiger partial charge in [-0.15, -0.1) is 0 Å². The lowest BCUT2D eigenvalue weighted by molar-refractivity contribution is -0.146.